The number of ether oxygens (including phenoxy) is 1. The number of carbonyl (C=O) groups is 2. The highest BCUT2D eigenvalue weighted by atomic mass is 19.4. The standard InChI is InChI=1S/C20H21F3N2O3/c1-14(26)25(12-11-15-5-3-4-6-18(15)28-2)13-19(27)24-17-9-7-16(8-10-17)20(21,22)23/h3-10H,11-13H2,1-2H3,(H,24,27). The first-order valence-electron chi connectivity index (χ1n) is 8.55. The Morgan fingerprint density at radius 3 is 2.29 bits per heavy atom. The Labute approximate surface area is 161 Å². The van der Waals surface area contributed by atoms with Crippen LogP contribution < -0.4 is 10.1 Å². The zero-order chi connectivity index (χ0) is 20.7. The van der Waals surface area contributed by atoms with Crippen molar-refractivity contribution >= 4 is 17.5 Å². The number of nitrogens with zero attached hydrogens (tertiary/aromatic N) is 1. The van der Waals surface area contributed by atoms with Crippen molar-refractivity contribution in [3.05, 3.63) is 59.7 Å². The molecule has 0 unspecified atom stereocenters. The second-order valence-electron chi connectivity index (χ2n) is 6.13. The lowest BCUT2D eigenvalue weighted by Gasteiger charge is -2.21. The van der Waals surface area contributed by atoms with Gasteiger partial charge in [0.15, 0.2) is 0 Å². The molecule has 1 N–H and O–H groups in total. The van der Waals surface area contributed by atoms with Crippen LogP contribution >= 0.6 is 0 Å². The Kier molecular flexibility index (Phi) is 7.03. The summed E-state index contributed by atoms with van der Waals surface area (Å²) in [6.07, 6.45) is -3.94. The van der Waals surface area contributed by atoms with E-state index in [1.165, 1.54) is 24.0 Å². The molecule has 0 fully saturated rings. The quantitative estimate of drug-likeness (QED) is 0.778. The molecule has 2 aromatic carbocycles. The second-order valence-corrected chi connectivity index (χ2v) is 6.13. The summed E-state index contributed by atoms with van der Waals surface area (Å²) in [6, 6.07) is 11.5. The molecule has 0 aliphatic carbocycles. The molecule has 2 rings (SSSR count). The summed E-state index contributed by atoms with van der Waals surface area (Å²) < 4.78 is 43.0. The van der Waals surface area contributed by atoms with E-state index < -0.39 is 17.6 Å². The summed E-state index contributed by atoms with van der Waals surface area (Å²) in [6.45, 7) is 1.45. The fourth-order valence-corrected chi connectivity index (χ4v) is 2.63. The summed E-state index contributed by atoms with van der Waals surface area (Å²) >= 11 is 0. The topological polar surface area (TPSA) is 58.6 Å². The van der Waals surface area contributed by atoms with Crippen molar-refractivity contribution in [2.24, 2.45) is 0 Å². The van der Waals surface area contributed by atoms with Crippen LogP contribution in [0.2, 0.25) is 0 Å². The van der Waals surface area contributed by atoms with Gasteiger partial charge in [-0.15, -0.1) is 0 Å². The van der Waals surface area contributed by atoms with Gasteiger partial charge in [-0.05, 0) is 42.3 Å². The Hall–Kier alpha value is -3.03. The third-order valence-corrected chi connectivity index (χ3v) is 4.12. The molecule has 0 heterocycles. The van der Waals surface area contributed by atoms with Crippen LogP contribution in [0.5, 0.6) is 5.75 Å². The van der Waals surface area contributed by atoms with Gasteiger partial charge in [-0.25, -0.2) is 0 Å². The van der Waals surface area contributed by atoms with E-state index in [-0.39, 0.29) is 18.1 Å². The Morgan fingerprint density at radius 2 is 1.71 bits per heavy atom. The number of rotatable bonds is 7. The second kappa shape index (κ2) is 9.25. The van der Waals surface area contributed by atoms with Gasteiger partial charge in [0.1, 0.15) is 5.75 Å². The minimum Gasteiger partial charge on any atom is -0.496 e. The van der Waals surface area contributed by atoms with Gasteiger partial charge in [0.25, 0.3) is 0 Å². The number of benzene rings is 2. The predicted octanol–water partition coefficient (Wildman–Crippen LogP) is 3.74. The van der Waals surface area contributed by atoms with Crippen LogP contribution in [-0.4, -0.2) is 36.9 Å². The number of hydrogen-bond acceptors (Lipinski definition) is 3. The van der Waals surface area contributed by atoms with Crippen LogP contribution in [0.1, 0.15) is 18.1 Å². The third kappa shape index (κ3) is 6.00. The van der Waals surface area contributed by atoms with Crippen molar-refractivity contribution < 1.29 is 27.5 Å². The van der Waals surface area contributed by atoms with E-state index in [2.05, 4.69) is 5.32 Å². The minimum atomic E-state index is -4.44. The molecule has 5 nitrogen and oxygen atoms in total. The number of para-hydroxylation sites is 1. The van der Waals surface area contributed by atoms with Crippen LogP contribution in [0.25, 0.3) is 0 Å². The SMILES string of the molecule is COc1ccccc1CCN(CC(=O)Nc1ccc(C(F)(F)F)cc1)C(C)=O. The molecule has 0 atom stereocenters. The van der Waals surface area contributed by atoms with Gasteiger partial charge in [0.05, 0.1) is 19.2 Å². The molecule has 0 radical (unpaired) electrons. The smallest absolute Gasteiger partial charge is 0.416 e. The molecule has 8 heteroatoms. The molecule has 2 aromatic rings. The first-order valence-corrected chi connectivity index (χ1v) is 8.55. The lowest BCUT2D eigenvalue weighted by molar-refractivity contribution is -0.137. The molecule has 0 aliphatic rings. The minimum absolute atomic E-state index is 0.203. The number of nitrogens with one attached hydrogen (secondary N) is 1. The summed E-state index contributed by atoms with van der Waals surface area (Å²) in [4.78, 5) is 25.4. The number of carbonyl (C=O) groups excluding carboxylic acids is 2. The maximum Gasteiger partial charge on any atom is 0.416 e. The highest BCUT2D eigenvalue weighted by Crippen LogP contribution is 2.29. The zero-order valence-electron chi connectivity index (χ0n) is 15.5. The van der Waals surface area contributed by atoms with Gasteiger partial charge in [-0.3, -0.25) is 9.59 Å². The summed E-state index contributed by atoms with van der Waals surface area (Å²) in [5.41, 5.74) is 0.332. The monoisotopic (exact) mass is 394 g/mol. The zero-order valence-corrected chi connectivity index (χ0v) is 15.5. The number of methoxy groups -OCH3 is 1. The van der Waals surface area contributed by atoms with E-state index in [4.69, 9.17) is 4.74 Å². The van der Waals surface area contributed by atoms with Crippen LogP contribution in [-0.2, 0) is 22.2 Å². The van der Waals surface area contributed by atoms with Gasteiger partial charge < -0.3 is 15.0 Å². The predicted molar refractivity (Wildman–Crippen MR) is 99.0 cm³/mol. The molecule has 28 heavy (non-hydrogen) atoms. The number of anilines is 1. The largest absolute Gasteiger partial charge is 0.496 e. The van der Waals surface area contributed by atoms with Crippen molar-refractivity contribution in [2.75, 3.05) is 25.5 Å². The average molecular weight is 394 g/mol. The summed E-state index contributed by atoms with van der Waals surface area (Å²) in [5.74, 6) is -0.0762. The molecule has 0 spiro atoms. The average Bonchev–Trinajstić information content (AvgIpc) is 2.64. The maximum atomic E-state index is 12.6. The number of amides is 2. The third-order valence-electron chi connectivity index (χ3n) is 4.12. The van der Waals surface area contributed by atoms with Crippen molar-refractivity contribution in [3.8, 4) is 5.75 Å². The van der Waals surface area contributed by atoms with Crippen molar-refractivity contribution in [1.29, 1.82) is 0 Å². The molecule has 2 amide bonds. The molecule has 0 aromatic heterocycles. The fraction of sp³-hybridized carbons (Fsp3) is 0.300. The van der Waals surface area contributed by atoms with Gasteiger partial charge in [-0.1, -0.05) is 18.2 Å². The first kappa shape index (κ1) is 21.3. The van der Waals surface area contributed by atoms with E-state index >= 15 is 0 Å². The van der Waals surface area contributed by atoms with Crippen LogP contribution in [0, 0.1) is 0 Å². The summed E-state index contributed by atoms with van der Waals surface area (Å²) in [5, 5.41) is 2.50. The van der Waals surface area contributed by atoms with Crippen molar-refractivity contribution in [2.45, 2.75) is 19.5 Å². The highest BCUT2D eigenvalue weighted by molar-refractivity contribution is 5.94. The van der Waals surface area contributed by atoms with Crippen molar-refractivity contribution in [1.82, 2.24) is 4.90 Å². The van der Waals surface area contributed by atoms with Gasteiger partial charge in [-0.2, -0.15) is 13.2 Å². The first-order chi connectivity index (χ1) is 13.2. The Balaban J connectivity index is 1.96. The molecular formula is C20H21F3N2O3. The molecule has 0 saturated heterocycles. The molecule has 0 saturated carbocycles. The Morgan fingerprint density at radius 1 is 1.07 bits per heavy atom. The highest BCUT2D eigenvalue weighted by Gasteiger charge is 2.30. The normalized spacial score (nSPS) is 11.0. The van der Waals surface area contributed by atoms with Crippen LogP contribution in [0.4, 0.5) is 18.9 Å². The van der Waals surface area contributed by atoms with E-state index in [0.29, 0.717) is 18.7 Å². The van der Waals surface area contributed by atoms with E-state index in [0.717, 1.165) is 17.7 Å². The lowest BCUT2D eigenvalue weighted by Crippen LogP contribution is -2.38. The number of halogens is 3. The summed E-state index contributed by atoms with van der Waals surface area (Å²) in [7, 11) is 1.55. The van der Waals surface area contributed by atoms with Gasteiger partial charge in [0.2, 0.25) is 11.8 Å². The van der Waals surface area contributed by atoms with Crippen LogP contribution in [0.3, 0.4) is 0 Å². The maximum absolute atomic E-state index is 12.6. The Bertz CT molecular complexity index is 820. The van der Waals surface area contributed by atoms with Gasteiger partial charge >= 0.3 is 6.18 Å². The van der Waals surface area contributed by atoms with E-state index in [1.807, 2.05) is 24.3 Å². The lowest BCUT2D eigenvalue weighted by atomic mass is 10.1. The van der Waals surface area contributed by atoms with Gasteiger partial charge in [0, 0.05) is 19.2 Å². The van der Waals surface area contributed by atoms with Crippen LogP contribution in [0.15, 0.2) is 48.5 Å². The molecule has 0 bridgehead atoms. The molecule has 150 valence electrons. The molecule has 0 aliphatic heterocycles. The van der Waals surface area contributed by atoms with Crippen molar-refractivity contribution in [3.63, 3.8) is 0 Å². The fourth-order valence-electron chi connectivity index (χ4n) is 2.63. The van der Waals surface area contributed by atoms with E-state index in [9.17, 15) is 22.8 Å². The van der Waals surface area contributed by atoms with E-state index in [1.54, 1.807) is 7.11 Å². The molecular weight excluding hydrogens is 373 g/mol. The number of alkyl halides is 3. The number of hydrogen-bond donors (Lipinski definition) is 1.